The number of amides is 1. The lowest BCUT2D eigenvalue weighted by atomic mass is 10.1. The quantitative estimate of drug-likeness (QED) is 0.392. The summed E-state index contributed by atoms with van der Waals surface area (Å²) in [6.07, 6.45) is 0.868. The van der Waals surface area contributed by atoms with Gasteiger partial charge in [0.2, 0.25) is 5.91 Å². The molecule has 0 spiro atoms. The molecule has 0 radical (unpaired) electrons. The zero-order chi connectivity index (χ0) is 23.2. The molecule has 0 aliphatic rings. The van der Waals surface area contributed by atoms with Crippen LogP contribution in [0.3, 0.4) is 0 Å². The van der Waals surface area contributed by atoms with Crippen LogP contribution in [0.25, 0.3) is 11.0 Å². The Labute approximate surface area is 198 Å². The Balaban J connectivity index is 1.44. The number of fused-ring (bicyclic) bond motifs is 1. The molecule has 0 aliphatic carbocycles. The summed E-state index contributed by atoms with van der Waals surface area (Å²) in [4.78, 5) is 17.3. The molecule has 0 bridgehead atoms. The lowest BCUT2D eigenvalue weighted by molar-refractivity contribution is -0.120. The van der Waals surface area contributed by atoms with Gasteiger partial charge in [0.15, 0.2) is 11.5 Å². The minimum Gasteiger partial charge on any atom is -0.493 e. The molecule has 33 heavy (non-hydrogen) atoms. The van der Waals surface area contributed by atoms with Crippen LogP contribution in [-0.2, 0) is 24.2 Å². The van der Waals surface area contributed by atoms with Crippen LogP contribution in [-0.4, -0.2) is 36.2 Å². The fourth-order valence-electron chi connectivity index (χ4n) is 3.84. The first-order valence-corrected chi connectivity index (χ1v) is 11.1. The van der Waals surface area contributed by atoms with E-state index in [9.17, 15) is 4.79 Å². The number of ether oxygens (including phenoxy) is 2. The first kappa shape index (κ1) is 22.7. The van der Waals surface area contributed by atoms with Crippen molar-refractivity contribution in [3.63, 3.8) is 0 Å². The Kier molecular flexibility index (Phi) is 7.15. The van der Waals surface area contributed by atoms with Crippen LogP contribution in [0, 0.1) is 0 Å². The molecule has 7 heteroatoms. The van der Waals surface area contributed by atoms with E-state index in [1.807, 2.05) is 54.6 Å². The number of carbonyl (C=O) groups excluding carboxylic acids is 1. The third-order valence-corrected chi connectivity index (χ3v) is 5.87. The molecule has 0 saturated heterocycles. The maximum atomic E-state index is 12.5. The van der Waals surface area contributed by atoms with Gasteiger partial charge in [-0.3, -0.25) is 4.79 Å². The van der Waals surface area contributed by atoms with Gasteiger partial charge in [-0.1, -0.05) is 48.0 Å². The summed E-state index contributed by atoms with van der Waals surface area (Å²) in [5, 5.41) is 3.73. The summed E-state index contributed by atoms with van der Waals surface area (Å²) in [6, 6.07) is 21.3. The minimum atomic E-state index is -0.0593. The molecule has 1 N–H and O–H groups in total. The van der Waals surface area contributed by atoms with Crippen molar-refractivity contribution in [1.82, 2.24) is 14.9 Å². The average molecular weight is 464 g/mol. The topological polar surface area (TPSA) is 65.4 Å². The SMILES string of the molecule is COc1ccc(CC(=O)NCCc2nc3ccccc3n2Cc2ccccc2Cl)cc1OC. The van der Waals surface area contributed by atoms with E-state index < -0.39 is 0 Å². The Bertz CT molecular complexity index is 1270. The van der Waals surface area contributed by atoms with Crippen molar-refractivity contribution in [2.24, 2.45) is 0 Å². The minimum absolute atomic E-state index is 0.0593. The smallest absolute Gasteiger partial charge is 0.224 e. The van der Waals surface area contributed by atoms with E-state index in [4.69, 9.17) is 26.1 Å². The number of nitrogens with one attached hydrogen (secondary N) is 1. The summed E-state index contributed by atoms with van der Waals surface area (Å²) in [6.45, 7) is 1.10. The number of hydrogen-bond acceptors (Lipinski definition) is 4. The standard InChI is InChI=1S/C26H26ClN3O3/c1-32-23-12-11-18(15-24(23)33-2)16-26(31)28-14-13-25-29-21-9-5-6-10-22(21)30(25)17-19-7-3-4-8-20(19)27/h3-12,15H,13-14,16-17H2,1-2H3,(H,28,31). The molecule has 1 heterocycles. The first-order valence-electron chi connectivity index (χ1n) is 10.7. The maximum Gasteiger partial charge on any atom is 0.224 e. The molecule has 0 atom stereocenters. The molecule has 1 amide bonds. The third kappa shape index (κ3) is 5.29. The van der Waals surface area contributed by atoms with Gasteiger partial charge in [0.25, 0.3) is 0 Å². The van der Waals surface area contributed by atoms with Crippen LogP contribution in [0.15, 0.2) is 66.7 Å². The number of nitrogens with zero attached hydrogens (tertiary/aromatic N) is 2. The van der Waals surface area contributed by atoms with Crippen molar-refractivity contribution in [2.75, 3.05) is 20.8 Å². The molecule has 6 nitrogen and oxygen atoms in total. The highest BCUT2D eigenvalue weighted by Crippen LogP contribution is 2.27. The summed E-state index contributed by atoms with van der Waals surface area (Å²) < 4.78 is 12.7. The van der Waals surface area contributed by atoms with Gasteiger partial charge in [0.1, 0.15) is 5.82 Å². The fraction of sp³-hybridized carbons (Fsp3) is 0.231. The van der Waals surface area contributed by atoms with Gasteiger partial charge < -0.3 is 19.4 Å². The van der Waals surface area contributed by atoms with Crippen LogP contribution < -0.4 is 14.8 Å². The molecule has 1 aromatic heterocycles. The number of hydrogen-bond donors (Lipinski definition) is 1. The van der Waals surface area contributed by atoms with Crippen molar-refractivity contribution in [3.8, 4) is 11.5 Å². The Morgan fingerprint density at radius 3 is 2.55 bits per heavy atom. The largest absolute Gasteiger partial charge is 0.493 e. The van der Waals surface area contributed by atoms with Crippen LogP contribution >= 0.6 is 11.6 Å². The lowest BCUT2D eigenvalue weighted by Crippen LogP contribution is -2.28. The number of imidazole rings is 1. The second-order valence-electron chi connectivity index (χ2n) is 7.66. The summed E-state index contributed by atoms with van der Waals surface area (Å²) in [5.74, 6) is 2.09. The fourth-order valence-corrected chi connectivity index (χ4v) is 4.04. The van der Waals surface area contributed by atoms with Gasteiger partial charge in [-0.05, 0) is 41.5 Å². The summed E-state index contributed by atoms with van der Waals surface area (Å²) in [7, 11) is 3.17. The Morgan fingerprint density at radius 1 is 1.00 bits per heavy atom. The number of carbonyl (C=O) groups is 1. The highest BCUT2D eigenvalue weighted by Gasteiger charge is 2.13. The van der Waals surface area contributed by atoms with Crippen molar-refractivity contribution < 1.29 is 14.3 Å². The molecule has 0 fully saturated rings. The highest BCUT2D eigenvalue weighted by atomic mass is 35.5. The maximum absolute atomic E-state index is 12.5. The molecule has 0 aliphatic heterocycles. The molecular formula is C26H26ClN3O3. The third-order valence-electron chi connectivity index (χ3n) is 5.50. The van der Waals surface area contributed by atoms with E-state index in [1.54, 1.807) is 20.3 Å². The summed E-state index contributed by atoms with van der Waals surface area (Å²) in [5.41, 5.74) is 3.86. The van der Waals surface area contributed by atoms with Crippen LogP contribution in [0.1, 0.15) is 17.0 Å². The first-order chi connectivity index (χ1) is 16.1. The van der Waals surface area contributed by atoms with Crippen molar-refractivity contribution in [1.29, 1.82) is 0 Å². The molecule has 4 rings (SSSR count). The van der Waals surface area contributed by atoms with E-state index in [0.29, 0.717) is 31.0 Å². The number of rotatable bonds is 9. The zero-order valence-corrected chi connectivity index (χ0v) is 19.4. The normalized spacial score (nSPS) is 10.9. The summed E-state index contributed by atoms with van der Waals surface area (Å²) >= 11 is 6.40. The zero-order valence-electron chi connectivity index (χ0n) is 18.7. The number of methoxy groups -OCH3 is 2. The number of halogens is 1. The van der Waals surface area contributed by atoms with Crippen LogP contribution in [0.4, 0.5) is 0 Å². The van der Waals surface area contributed by atoms with E-state index in [2.05, 4.69) is 16.0 Å². The Morgan fingerprint density at radius 2 is 1.76 bits per heavy atom. The predicted octanol–water partition coefficient (Wildman–Crippen LogP) is 4.66. The molecule has 3 aromatic carbocycles. The van der Waals surface area contributed by atoms with Gasteiger partial charge in [0.05, 0.1) is 38.2 Å². The lowest BCUT2D eigenvalue weighted by Gasteiger charge is -2.12. The second-order valence-corrected chi connectivity index (χ2v) is 8.07. The van der Waals surface area contributed by atoms with Crippen LogP contribution in [0.5, 0.6) is 11.5 Å². The van der Waals surface area contributed by atoms with E-state index in [0.717, 1.165) is 33.0 Å². The van der Waals surface area contributed by atoms with Crippen molar-refractivity contribution >= 4 is 28.5 Å². The molecule has 4 aromatic rings. The van der Waals surface area contributed by atoms with Gasteiger partial charge in [0, 0.05) is 18.0 Å². The monoisotopic (exact) mass is 463 g/mol. The van der Waals surface area contributed by atoms with Gasteiger partial charge >= 0.3 is 0 Å². The van der Waals surface area contributed by atoms with E-state index in [1.165, 1.54) is 0 Å². The molecule has 0 unspecified atom stereocenters. The van der Waals surface area contributed by atoms with Gasteiger partial charge in [-0.15, -0.1) is 0 Å². The molecule has 170 valence electrons. The van der Waals surface area contributed by atoms with E-state index in [-0.39, 0.29) is 12.3 Å². The average Bonchev–Trinajstić information content (AvgIpc) is 3.17. The van der Waals surface area contributed by atoms with Crippen molar-refractivity contribution in [3.05, 3.63) is 88.7 Å². The number of aromatic nitrogens is 2. The number of para-hydroxylation sites is 2. The van der Waals surface area contributed by atoms with Crippen LogP contribution in [0.2, 0.25) is 5.02 Å². The predicted molar refractivity (Wildman–Crippen MR) is 130 cm³/mol. The van der Waals surface area contributed by atoms with Gasteiger partial charge in [-0.2, -0.15) is 0 Å². The molecular weight excluding hydrogens is 438 g/mol. The second kappa shape index (κ2) is 10.4. The van der Waals surface area contributed by atoms with E-state index >= 15 is 0 Å². The van der Waals surface area contributed by atoms with Gasteiger partial charge in [-0.25, -0.2) is 4.98 Å². The number of benzene rings is 3. The Hall–Kier alpha value is -3.51. The van der Waals surface area contributed by atoms with Crippen molar-refractivity contribution in [2.45, 2.75) is 19.4 Å². The highest BCUT2D eigenvalue weighted by molar-refractivity contribution is 6.31. The molecule has 0 saturated carbocycles.